The van der Waals surface area contributed by atoms with Crippen molar-refractivity contribution in [1.29, 1.82) is 0 Å². The zero-order valence-corrected chi connectivity index (χ0v) is 32.8. The molecule has 59 heavy (non-hydrogen) atoms. The van der Waals surface area contributed by atoms with Crippen LogP contribution in [0.15, 0.2) is 206 Å². The van der Waals surface area contributed by atoms with Gasteiger partial charge in [0.2, 0.25) is 0 Å². The van der Waals surface area contributed by atoms with Gasteiger partial charge in [0.1, 0.15) is 24.7 Å². The highest BCUT2D eigenvalue weighted by molar-refractivity contribution is 5.86. The molecule has 8 aromatic rings. The van der Waals surface area contributed by atoms with Crippen LogP contribution in [-0.4, -0.2) is 36.6 Å². The van der Waals surface area contributed by atoms with Crippen molar-refractivity contribution in [3.05, 3.63) is 262 Å². The van der Waals surface area contributed by atoms with Gasteiger partial charge in [-0.2, -0.15) is 0 Å². The van der Waals surface area contributed by atoms with E-state index in [1.807, 2.05) is 0 Å². The van der Waals surface area contributed by atoms with Crippen LogP contribution in [0.5, 0.6) is 11.5 Å². The maximum atomic E-state index is 9.99. The molecule has 0 aromatic heterocycles. The normalized spacial score (nSPS) is 12.6. The van der Waals surface area contributed by atoms with Gasteiger partial charge in [0.15, 0.2) is 0 Å². The number of aliphatic hydroxyl groups excluding tert-OH is 2. The quantitative estimate of drug-likeness (QED) is 0.108. The van der Waals surface area contributed by atoms with Crippen LogP contribution in [0.3, 0.4) is 0 Å². The molecule has 0 saturated carbocycles. The summed E-state index contributed by atoms with van der Waals surface area (Å²) in [6, 6.07) is 73.3. The first-order valence-electron chi connectivity index (χ1n) is 20.4. The lowest BCUT2D eigenvalue weighted by atomic mass is 9.66. The minimum absolute atomic E-state index is 0.0926. The van der Waals surface area contributed by atoms with Gasteiger partial charge in [-0.25, -0.2) is 0 Å². The Bertz CT molecular complexity index is 2380. The van der Waals surface area contributed by atoms with Gasteiger partial charge in [-0.15, -0.1) is 0 Å². The topological polar surface area (TPSA) is 58.9 Å². The Labute approximate surface area is 346 Å². The maximum Gasteiger partial charge on any atom is 0.123 e. The molecule has 0 atom stereocenters. The number of aliphatic hydroxyl groups is 2. The van der Waals surface area contributed by atoms with Crippen LogP contribution in [0.4, 0.5) is 0 Å². The monoisotopic (exact) mass is 770 g/mol. The number of benzene rings is 8. The summed E-state index contributed by atoms with van der Waals surface area (Å²) in [5, 5.41) is 20.0. The highest BCUT2D eigenvalue weighted by Crippen LogP contribution is 2.58. The van der Waals surface area contributed by atoms with E-state index in [2.05, 4.69) is 206 Å². The van der Waals surface area contributed by atoms with Gasteiger partial charge in [-0.1, -0.05) is 182 Å². The number of hydrogen-bond acceptors (Lipinski definition) is 4. The number of hydrogen-bond donors (Lipinski definition) is 2. The van der Waals surface area contributed by atoms with Crippen LogP contribution in [0.25, 0.3) is 11.1 Å². The Morgan fingerprint density at radius 2 is 0.695 bits per heavy atom. The fourth-order valence-corrected chi connectivity index (χ4v) is 9.30. The molecule has 4 nitrogen and oxygen atoms in total. The first-order chi connectivity index (χ1) is 29.2. The lowest BCUT2D eigenvalue weighted by molar-refractivity contribution is 0.200. The van der Waals surface area contributed by atoms with Crippen LogP contribution >= 0.6 is 0 Å². The molecular weight excluding hydrogens is 725 g/mol. The van der Waals surface area contributed by atoms with E-state index in [0.717, 1.165) is 56.0 Å². The largest absolute Gasteiger partial charge is 0.491 e. The predicted molar refractivity (Wildman–Crippen MR) is 237 cm³/mol. The van der Waals surface area contributed by atoms with Crippen LogP contribution in [-0.2, 0) is 5.41 Å². The van der Waals surface area contributed by atoms with Gasteiger partial charge in [0.25, 0.3) is 0 Å². The molecule has 1 aliphatic carbocycles. The van der Waals surface area contributed by atoms with E-state index in [4.69, 9.17) is 9.47 Å². The third-order valence-electron chi connectivity index (χ3n) is 11.7. The molecule has 2 N–H and O–H groups in total. The number of fused-ring (bicyclic) bond motifs is 3. The summed E-state index contributed by atoms with van der Waals surface area (Å²) in [6.45, 7) is 0.173. The fourth-order valence-electron chi connectivity index (χ4n) is 9.30. The van der Waals surface area contributed by atoms with Gasteiger partial charge in [-0.3, -0.25) is 0 Å². The van der Waals surface area contributed by atoms with Crippen molar-refractivity contribution in [3.63, 3.8) is 0 Å². The van der Waals surface area contributed by atoms with Gasteiger partial charge < -0.3 is 19.7 Å². The fraction of sp³-hybridized carbons (Fsp3) is 0.127. The SMILES string of the molecule is OCCOc1ccc(C2(c3ccc(OCCO)c(C(c4ccccc4)c4ccccc4)c3)c3ccccc3-c3ccccc32)cc1C(c1ccccc1)c1ccccc1. The van der Waals surface area contributed by atoms with E-state index in [9.17, 15) is 10.2 Å². The molecule has 9 rings (SSSR count). The van der Waals surface area contributed by atoms with E-state index in [1.165, 1.54) is 22.3 Å². The first-order valence-corrected chi connectivity index (χ1v) is 20.4. The van der Waals surface area contributed by atoms with Crippen molar-refractivity contribution in [2.75, 3.05) is 26.4 Å². The molecule has 1 aliphatic rings. The van der Waals surface area contributed by atoms with E-state index in [0.29, 0.717) is 0 Å². The molecule has 8 aromatic carbocycles. The second-order valence-electron chi connectivity index (χ2n) is 15.0. The average molecular weight is 771 g/mol. The van der Waals surface area contributed by atoms with Crippen LogP contribution in [0.2, 0.25) is 0 Å². The summed E-state index contributed by atoms with van der Waals surface area (Å²) in [6.07, 6.45) is 0. The van der Waals surface area contributed by atoms with Gasteiger partial charge in [0.05, 0.1) is 18.6 Å². The highest BCUT2D eigenvalue weighted by atomic mass is 16.5. The molecule has 0 spiro atoms. The van der Waals surface area contributed by atoms with E-state index in [-0.39, 0.29) is 38.3 Å². The number of ether oxygens (including phenoxy) is 2. The second-order valence-corrected chi connectivity index (χ2v) is 15.0. The Morgan fingerprint density at radius 1 is 0.373 bits per heavy atom. The minimum Gasteiger partial charge on any atom is -0.491 e. The minimum atomic E-state index is -0.752. The van der Waals surface area contributed by atoms with Crippen molar-refractivity contribution >= 4 is 0 Å². The molecule has 0 heterocycles. The molecule has 0 unspecified atom stereocenters. The zero-order valence-electron chi connectivity index (χ0n) is 32.8. The van der Waals surface area contributed by atoms with Gasteiger partial charge >= 0.3 is 0 Å². The molecule has 290 valence electrons. The molecule has 0 aliphatic heterocycles. The average Bonchev–Trinajstić information content (AvgIpc) is 3.61. The smallest absolute Gasteiger partial charge is 0.123 e. The highest BCUT2D eigenvalue weighted by Gasteiger charge is 2.47. The lowest BCUT2D eigenvalue weighted by Gasteiger charge is -2.36. The molecule has 0 saturated heterocycles. The van der Waals surface area contributed by atoms with Gasteiger partial charge in [-0.05, 0) is 79.9 Å². The second kappa shape index (κ2) is 17.0. The van der Waals surface area contributed by atoms with Crippen LogP contribution < -0.4 is 9.47 Å². The molecule has 0 radical (unpaired) electrons. The summed E-state index contributed by atoms with van der Waals surface area (Å²) < 4.78 is 12.8. The summed E-state index contributed by atoms with van der Waals surface area (Å²) in [5.74, 6) is 1.16. The maximum absolute atomic E-state index is 9.99. The van der Waals surface area contributed by atoms with Crippen LogP contribution in [0, 0.1) is 0 Å². The molecule has 4 heteroatoms. The molecular formula is C55H46O4. The Balaban J connectivity index is 1.36. The lowest BCUT2D eigenvalue weighted by Crippen LogP contribution is -2.29. The molecule has 0 fully saturated rings. The summed E-state index contributed by atoms with van der Waals surface area (Å²) in [4.78, 5) is 0. The van der Waals surface area contributed by atoms with E-state index in [1.54, 1.807) is 0 Å². The Kier molecular flexibility index (Phi) is 10.9. The standard InChI is InChI=1S/C55H46O4/c56-33-35-58-51-31-29-43(37-47(51)53(39-17-5-1-6-18-39)40-19-7-2-8-20-40)55(49-27-15-13-25-45(49)46-26-14-16-28-50(46)55)44-30-32-52(59-36-34-57)48(38-44)54(41-21-9-3-10-22-41)42-23-11-4-12-24-42/h1-32,37-38,53-54,56-57H,33-36H2. The number of rotatable bonds is 14. The predicted octanol–water partition coefficient (Wildman–Crippen LogP) is 11.2. The summed E-state index contributed by atoms with van der Waals surface area (Å²) >= 11 is 0. The Morgan fingerprint density at radius 3 is 1.03 bits per heavy atom. The van der Waals surface area contributed by atoms with Crippen molar-refractivity contribution in [1.82, 2.24) is 0 Å². The van der Waals surface area contributed by atoms with Crippen molar-refractivity contribution < 1.29 is 19.7 Å². The van der Waals surface area contributed by atoms with Crippen molar-refractivity contribution in [2.24, 2.45) is 0 Å². The molecule has 0 amide bonds. The third kappa shape index (κ3) is 7.01. The zero-order chi connectivity index (χ0) is 40.0. The van der Waals surface area contributed by atoms with E-state index < -0.39 is 5.41 Å². The van der Waals surface area contributed by atoms with Crippen LogP contribution in [0.1, 0.15) is 67.5 Å². The Hall–Kier alpha value is -6.72. The summed E-state index contributed by atoms with van der Waals surface area (Å²) in [7, 11) is 0. The van der Waals surface area contributed by atoms with Crippen molar-refractivity contribution in [3.8, 4) is 22.6 Å². The van der Waals surface area contributed by atoms with Gasteiger partial charge in [0, 0.05) is 23.0 Å². The summed E-state index contributed by atoms with van der Waals surface area (Å²) in [5.41, 5.74) is 12.8. The first kappa shape index (κ1) is 37.8. The van der Waals surface area contributed by atoms with E-state index >= 15 is 0 Å². The molecule has 0 bridgehead atoms. The third-order valence-corrected chi connectivity index (χ3v) is 11.7. The van der Waals surface area contributed by atoms with Crippen molar-refractivity contribution in [2.45, 2.75) is 17.3 Å².